The topological polar surface area (TPSA) is 75.0 Å². The molecule has 1 atom stereocenters. The maximum absolute atomic E-state index is 13.3. The van der Waals surface area contributed by atoms with E-state index < -0.39 is 5.97 Å². The van der Waals surface area contributed by atoms with Crippen LogP contribution in [-0.4, -0.2) is 47.5 Å². The molecule has 1 unspecified atom stereocenters. The van der Waals surface area contributed by atoms with Gasteiger partial charge in [-0.3, -0.25) is 5.01 Å². The van der Waals surface area contributed by atoms with Gasteiger partial charge in [0.15, 0.2) is 5.69 Å². The predicted octanol–water partition coefficient (Wildman–Crippen LogP) is 9.50. The molecule has 1 fully saturated rings. The summed E-state index contributed by atoms with van der Waals surface area (Å²) in [5, 5.41) is 21.3. The monoisotopic (exact) mass is 685 g/mol. The van der Waals surface area contributed by atoms with E-state index in [0.29, 0.717) is 36.7 Å². The molecule has 242 valence electrons. The fourth-order valence-electron chi connectivity index (χ4n) is 7.20. The third-order valence-electron chi connectivity index (χ3n) is 9.30. The first kappa shape index (κ1) is 31.9. The average molecular weight is 686 g/mol. The highest BCUT2D eigenvalue weighted by Gasteiger charge is 2.49. The lowest BCUT2D eigenvalue weighted by Gasteiger charge is -2.32. The quantitative estimate of drug-likeness (QED) is 0.171. The van der Waals surface area contributed by atoms with Crippen molar-refractivity contribution in [3.05, 3.63) is 91.7 Å². The van der Waals surface area contributed by atoms with Crippen LogP contribution < -0.4 is 9.22 Å². The number of likely N-dealkylation sites (N-methyl/N-ethyl adjacent to an activating group) is 1. The number of hydrazone groups is 1. The molecule has 7 nitrogen and oxygen atoms in total. The lowest BCUT2D eigenvalue weighted by Crippen LogP contribution is -2.45. The van der Waals surface area contributed by atoms with E-state index in [4.69, 9.17) is 21.3 Å². The van der Waals surface area contributed by atoms with Gasteiger partial charge in [0.2, 0.25) is 5.70 Å². The minimum atomic E-state index is -0.923. The molecule has 3 aromatic carbocycles. The molecule has 0 amide bonds. The van der Waals surface area contributed by atoms with Crippen molar-refractivity contribution in [1.29, 1.82) is 0 Å². The van der Waals surface area contributed by atoms with Crippen LogP contribution in [0, 0.1) is 6.92 Å². The van der Waals surface area contributed by atoms with Gasteiger partial charge in [0, 0.05) is 50.5 Å². The lowest BCUT2D eigenvalue weighted by atomic mass is 9.97. The number of carbonyl (C=O) groups is 1. The number of hydrogen-bond donors (Lipinski definition) is 1. The number of thioether (sulfide) groups is 1. The van der Waals surface area contributed by atoms with Crippen molar-refractivity contribution in [2.75, 3.05) is 20.2 Å². The van der Waals surface area contributed by atoms with Gasteiger partial charge < -0.3 is 9.84 Å². The van der Waals surface area contributed by atoms with Crippen LogP contribution in [0.25, 0.3) is 22.4 Å². The molecule has 6 bridgehead atoms. The Hall–Kier alpha value is -3.63. The van der Waals surface area contributed by atoms with Crippen LogP contribution in [0.3, 0.4) is 0 Å². The number of aromatic nitrogens is 1. The summed E-state index contributed by atoms with van der Waals surface area (Å²) >= 11 is 10.5. The van der Waals surface area contributed by atoms with E-state index in [9.17, 15) is 9.90 Å². The molecule has 4 aromatic rings. The fourth-order valence-corrected chi connectivity index (χ4v) is 9.71. The number of carboxylic acids is 1. The first-order valence-electron chi connectivity index (χ1n) is 16.1. The van der Waals surface area contributed by atoms with Crippen molar-refractivity contribution in [3.63, 3.8) is 0 Å². The Kier molecular flexibility index (Phi) is 8.91. The second-order valence-electron chi connectivity index (χ2n) is 12.4. The van der Waals surface area contributed by atoms with Gasteiger partial charge in [0.25, 0.3) is 0 Å². The Morgan fingerprint density at radius 2 is 2.00 bits per heavy atom. The van der Waals surface area contributed by atoms with Crippen LogP contribution in [-0.2, 0) is 17.1 Å². The SMILES string of the molecule is C/C=N/N1CCCC/C1=C\c1c(Cl)ccc2c1[N+]1(C)Cc3nc(C)c(s3)CSc3cc(c4ccccc4c3)OCCCC2=C1C(=O)O. The molecule has 1 aromatic heterocycles. The van der Waals surface area contributed by atoms with Crippen molar-refractivity contribution in [2.45, 2.75) is 63.1 Å². The largest absolute Gasteiger partial charge is 0.493 e. The van der Waals surface area contributed by atoms with E-state index in [1.165, 1.54) is 4.88 Å². The van der Waals surface area contributed by atoms with Gasteiger partial charge in [0.1, 0.15) is 17.3 Å². The van der Waals surface area contributed by atoms with Crippen molar-refractivity contribution in [2.24, 2.45) is 5.10 Å². The molecule has 0 spiro atoms. The van der Waals surface area contributed by atoms with Crippen LogP contribution >= 0.6 is 34.7 Å². The molecule has 1 saturated heterocycles. The first-order chi connectivity index (χ1) is 22.8. The minimum absolute atomic E-state index is 0.0841. The Labute approximate surface area is 288 Å². The van der Waals surface area contributed by atoms with Gasteiger partial charge in [-0.25, -0.2) is 14.3 Å². The number of ether oxygens (including phenoxy) is 1. The molecule has 3 aliphatic rings. The van der Waals surface area contributed by atoms with Crippen molar-refractivity contribution >= 4 is 75.0 Å². The molecular formula is C37H38ClN4O3S2+. The number of thiazole rings is 1. The van der Waals surface area contributed by atoms with Crippen LogP contribution in [0.1, 0.15) is 65.7 Å². The fraction of sp³-hybridized carbons (Fsp3) is 0.324. The molecule has 10 heteroatoms. The number of fused-ring (bicyclic) bond motifs is 10. The molecule has 47 heavy (non-hydrogen) atoms. The van der Waals surface area contributed by atoms with Crippen molar-refractivity contribution < 1.29 is 14.6 Å². The van der Waals surface area contributed by atoms with Crippen molar-refractivity contribution in [1.82, 2.24) is 14.5 Å². The lowest BCUT2D eigenvalue weighted by molar-refractivity contribution is -0.134. The zero-order chi connectivity index (χ0) is 32.7. The van der Waals surface area contributed by atoms with Gasteiger partial charge in [-0.1, -0.05) is 35.9 Å². The van der Waals surface area contributed by atoms with E-state index in [2.05, 4.69) is 53.4 Å². The standard InChI is InChI=1S/C37H37ClN4O3S2/c1-4-39-41-16-8-7-11-25(41)19-30-31(38)15-14-29-28-13-9-17-45-32-20-26(18-24-10-5-6-12-27(24)32)46-22-33-23(2)40-34(47-33)21-42(3,35(29)30)36(28)37(43)44/h4-6,10,12,14-15,18-20H,7-9,11,13,16-17,21-22H2,1-3H3/p+1/b25-19+,39-4+. The summed E-state index contributed by atoms with van der Waals surface area (Å²) in [5.41, 5.74) is 5.98. The first-order valence-corrected chi connectivity index (χ1v) is 18.3. The highest BCUT2D eigenvalue weighted by Crippen LogP contribution is 2.52. The predicted molar refractivity (Wildman–Crippen MR) is 195 cm³/mol. The molecule has 0 saturated carbocycles. The van der Waals surface area contributed by atoms with Gasteiger partial charge >= 0.3 is 5.97 Å². The maximum Gasteiger partial charge on any atom is 0.391 e. The number of aliphatic carboxylic acids is 1. The Balaban J connectivity index is 1.38. The van der Waals surface area contributed by atoms with E-state index in [-0.39, 0.29) is 4.48 Å². The van der Waals surface area contributed by atoms with Gasteiger partial charge in [-0.15, -0.1) is 23.1 Å². The summed E-state index contributed by atoms with van der Waals surface area (Å²) in [6, 6.07) is 16.6. The van der Waals surface area contributed by atoms with Crippen LogP contribution in [0.4, 0.5) is 5.69 Å². The minimum Gasteiger partial charge on any atom is -0.493 e. The van der Waals surface area contributed by atoms with Crippen molar-refractivity contribution in [3.8, 4) is 5.75 Å². The van der Waals surface area contributed by atoms with Crippen LogP contribution in [0.2, 0.25) is 5.02 Å². The number of aryl methyl sites for hydroxylation is 1. The maximum atomic E-state index is 13.3. The zero-order valence-electron chi connectivity index (χ0n) is 26.9. The second-order valence-corrected chi connectivity index (χ2v) is 15.1. The number of piperidine rings is 1. The van der Waals surface area contributed by atoms with Gasteiger partial charge in [0.05, 0.1) is 29.9 Å². The van der Waals surface area contributed by atoms with Gasteiger partial charge in [-0.2, -0.15) is 5.10 Å². The molecule has 4 heterocycles. The number of quaternary nitrogens is 1. The number of hydrogen-bond acceptors (Lipinski definition) is 7. The summed E-state index contributed by atoms with van der Waals surface area (Å²) < 4.78 is 6.54. The average Bonchev–Trinajstić information content (AvgIpc) is 3.52. The summed E-state index contributed by atoms with van der Waals surface area (Å²) in [6.07, 6.45) is 8.20. The van der Waals surface area contributed by atoms with E-state index in [0.717, 1.165) is 91.8 Å². The highest BCUT2D eigenvalue weighted by atomic mass is 35.5. The summed E-state index contributed by atoms with van der Waals surface area (Å²) in [4.78, 5) is 20.7. The van der Waals surface area contributed by atoms with Gasteiger partial charge in [-0.05, 0) is 81.7 Å². The number of halogens is 1. The smallest absolute Gasteiger partial charge is 0.391 e. The molecule has 0 radical (unpaired) electrons. The number of allylic oxidation sites excluding steroid dienone is 2. The van der Waals surface area contributed by atoms with E-state index in [1.807, 2.05) is 38.4 Å². The van der Waals surface area contributed by atoms with E-state index in [1.54, 1.807) is 23.1 Å². The van der Waals surface area contributed by atoms with Crippen LogP contribution in [0.5, 0.6) is 5.75 Å². The highest BCUT2D eigenvalue weighted by molar-refractivity contribution is 7.98. The molecule has 7 rings (SSSR count). The summed E-state index contributed by atoms with van der Waals surface area (Å²) in [7, 11) is 2.01. The number of carboxylic acid groups (broad SMARTS) is 1. The van der Waals surface area contributed by atoms with Crippen LogP contribution in [0.15, 0.2) is 69.9 Å². The van der Waals surface area contributed by atoms with E-state index >= 15 is 0 Å². The zero-order valence-corrected chi connectivity index (χ0v) is 29.3. The number of rotatable bonds is 3. The molecule has 3 aliphatic heterocycles. The number of benzene rings is 3. The third kappa shape index (κ3) is 5.99. The summed E-state index contributed by atoms with van der Waals surface area (Å²) in [6.45, 7) is 5.70. The molecular weight excluding hydrogens is 648 g/mol. The normalized spacial score (nSPS) is 21.0. The molecule has 0 aliphatic carbocycles. The third-order valence-corrected chi connectivity index (χ3v) is 12.0. The summed E-state index contributed by atoms with van der Waals surface area (Å²) in [5.74, 6) is 0.700. The Morgan fingerprint density at radius 1 is 1.15 bits per heavy atom. The Morgan fingerprint density at radius 3 is 2.83 bits per heavy atom. The second kappa shape index (κ2) is 13.1. The molecule has 1 N–H and O–H groups in total. The Bertz CT molecular complexity index is 1980. The number of nitrogens with zero attached hydrogens (tertiary/aromatic N) is 4.